The molecule has 4 saturated carbocycles. The molecule has 2 heteroatoms. The number of nitrogens with zero attached hydrogens (tertiary/aromatic N) is 1. The van der Waals surface area contributed by atoms with E-state index in [0.29, 0.717) is 11.8 Å². The molecular weight excluding hydrogens is 719 g/mol. The van der Waals surface area contributed by atoms with E-state index in [4.69, 9.17) is 0 Å². The van der Waals surface area contributed by atoms with Crippen molar-refractivity contribution in [3.05, 3.63) is 137 Å². The summed E-state index contributed by atoms with van der Waals surface area (Å²) in [4.78, 5) is 5.62. The second kappa shape index (κ2) is 12.6. The fourth-order valence-corrected chi connectivity index (χ4v) is 15.2. The average Bonchev–Trinajstić information content (AvgIpc) is 3.20. The third-order valence-electron chi connectivity index (χ3n) is 17.0. The molecule has 0 radical (unpaired) electrons. The Morgan fingerprint density at radius 3 is 1.50 bits per heavy atom. The van der Waals surface area contributed by atoms with Gasteiger partial charge in [0.1, 0.15) is 0 Å². The lowest BCUT2D eigenvalue weighted by Gasteiger charge is -2.63. The van der Waals surface area contributed by atoms with Gasteiger partial charge in [0.05, 0.1) is 0 Å². The highest BCUT2D eigenvalue weighted by molar-refractivity contribution is 7.99. The van der Waals surface area contributed by atoms with Gasteiger partial charge in [0.25, 0.3) is 0 Å². The number of hydrogen-bond donors (Lipinski definition) is 0. The molecule has 0 saturated heterocycles. The molecule has 4 bridgehead atoms. The van der Waals surface area contributed by atoms with Crippen molar-refractivity contribution in [1.82, 2.24) is 0 Å². The van der Waals surface area contributed by atoms with Crippen LogP contribution < -0.4 is 4.90 Å². The highest BCUT2D eigenvalue weighted by Crippen LogP contribution is 2.70. The first-order valence-corrected chi connectivity index (χ1v) is 23.6. The Bertz CT molecular complexity index is 2350. The van der Waals surface area contributed by atoms with E-state index in [0.717, 1.165) is 11.8 Å². The zero-order valence-electron chi connectivity index (χ0n) is 36.3. The van der Waals surface area contributed by atoms with Crippen molar-refractivity contribution in [3.63, 3.8) is 0 Å². The third-order valence-corrected chi connectivity index (χ3v) is 18.1. The molecular formula is C56H63NS. The standard InChI is InChI=1S/C56H63NS/c1-52(2)22-24-54(5,6)47-32-40(18-20-44(47)52)57(41-19-21-45-48(33-41)55(7,8)25-23-53(45,3)4)42-31-43(37-14-10-9-11-15-37)51-50(34-42)58-49-17-13-12-16-46(49)56(51)38-27-35-26-36(29-38)30-39(56)28-35/h9-21,31-36,38-39H,22-30H2,1-8H3. The number of fused-ring (bicyclic) bond motifs is 4. The molecule has 298 valence electrons. The van der Waals surface area contributed by atoms with Crippen molar-refractivity contribution in [2.24, 2.45) is 23.7 Å². The topological polar surface area (TPSA) is 3.24 Å². The zero-order valence-corrected chi connectivity index (χ0v) is 37.2. The molecule has 0 atom stereocenters. The molecule has 5 aromatic carbocycles. The van der Waals surface area contributed by atoms with Gasteiger partial charge in [0.15, 0.2) is 0 Å². The Hall–Kier alpha value is -3.75. The van der Waals surface area contributed by atoms with Gasteiger partial charge >= 0.3 is 0 Å². The van der Waals surface area contributed by atoms with Crippen LogP contribution in [0.1, 0.15) is 147 Å². The number of hydrogen-bond acceptors (Lipinski definition) is 2. The maximum absolute atomic E-state index is 2.66. The van der Waals surface area contributed by atoms with Gasteiger partial charge in [-0.3, -0.25) is 0 Å². The maximum atomic E-state index is 2.66. The van der Waals surface area contributed by atoms with Crippen LogP contribution in [0.25, 0.3) is 11.1 Å². The summed E-state index contributed by atoms with van der Waals surface area (Å²) in [5.74, 6) is 3.22. The predicted octanol–water partition coefficient (Wildman–Crippen LogP) is 15.7. The van der Waals surface area contributed by atoms with Crippen LogP contribution in [0.4, 0.5) is 17.1 Å². The van der Waals surface area contributed by atoms with Gasteiger partial charge in [0, 0.05) is 32.3 Å². The molecule has 58 heavy (non-hydrogen) atoms. The number of rotatable bonds is 4. The van der Waals surface area contributed by atoms with Gasteiger partial charge < -0.3 is 4.90 Å². The monoisotopic (exact) mass is 781 g/mol. The molecule has 0 unspecified atom stereocenters. The molecule has 0 amide bonds. The van der Waals surface area contributed by atoms with Gasteiger partial charge in [-0.1, -0.05) is 128 Å². The first kappa shape index (κ1) is 37.3. The van der Waals surface area contributed by atoms with Gasteiger partial charge in [-0.15, -0.1) is 0 Å². The summed E-state index contributed by atoms with van der Waals surface area (Å²) in [6.07, 6.45) is 11.9. The summed E-state index contributed by atoms with van der Waals surface area (Å²) in [5, 5.41) is 0. The lowest BCUT2D eigenvalue weighted by Crippen LogP contribution is -2.57. The van der Waals surface area contributed by atoms with Gasteiger partial charge in [-0.2, -0.15) is 0 Å². The Labute approximate surface area is 353 Å². The summed E-state index contributed by atoms with van der Waals surface area (Å²) in [5.41, 5.74) is 16.6. The second-order valence-electron chi connectivity index (χ2n) is 22.3. The van der Waals surface area contributed by atoms with Crippen molar-refractivity contribution in [2.75, 3.05) is 4.90 Å². The summed E-state index contributed by atoms with van der Waals surface area (Å²) < 4.78 is 0. The van der Waals surface area contributed by atoms with Crippen molar-refractivity contribution in [3.8, 4) is 11.1 Å². The van der Waals surface area contributed by atoms with Crippen LogP contribution in [-0.2, 0) is 27.1 Å². The van der Waals surface area contributed by atoms with Gasteiger partial charge in [-0.05, 0) is 190 Å². The van der Waals surface area contributed by atoms with E-state index >= 15 is 0 Å². The van der Waals surface area contributed by atoms with Crippen molar-refractivity contribution < 1.29 is 0 Å². The first-order chi connectivity index (χ1) is 27.7. The fourth-order valence-electron chi connectivity index (χ4n) is 13.9. The van der Waals surface area contributed by atoms with Gasteiger partial charge in [-0.25, -0.2) is 0 Å². The van der Waals surface area contributed by atoms with E-state index in [2.05, 4.69) is 163 Å². The molecule has 4 fully saturated rings. The van der Waals surface area contributed by atoms with E-state index in [9.17, 15) is 0 Å². The van der Waals surface area contributed by atoms with Crippen molar-refractivity contribution in [1.29, 1.82) is 0 Å². The number of benzene rings is 5. The summed E-state index contributed by atoms with van der Waals surface area (Å²) in [6.45, 7) is 19.7. The molecule has 1 spiro atoms. The van der Waals surface area contributed by atoms with Crippen LogP contribution in [0.15, 0.2) is 113 Å². The SMILES string of the molecule is CC1(C)CCC(C)(C)c2cc(N(c3cc4c(c(-c5ccccc5)c3)C3(c5ccccc5S4)C4CC5CC(C4)CC3C5)c3ccc4c(c3)C(C)(C)CCC4(C)C)ccc21. The Balaban J connectivity index is 1.19. The molecule has 6 aliphatic carbocycles. The third kappa shape index (κ3) is 5.41. The Morgan fingerprint density at radius 2 is 0.948 bits per heavy atom. The fraction of sp³-hybridized carbons (Fsp3) is 0.464. The first-order valence-electron chi connectivity index (χ1n) is 22.8. The lowest BCUT2D eigenvalue weighted by atomic mass is 9.41. The molecule has 1 aliphatic heterocycles. The smallest absolute Gasteiger partial charge is 0.0479 e. The van der Waals surface area contributed by atoms with Crippen LogP contribution in [0, 0.1) is 23.7 Å². The molecule has 12 rings (SSSR count). The summed E-state index contributed by atoms with van der Waals surface area (Å²) in [7, 11) is 0. The summed E-state index contributed by atoms with van der Waals surface area (Å²) >= 11 is 2.05. The lowest BCUT2D eigenvalue weighted by molar-refractivity contribution is -0.0441. The van der Waals surface area contributed by atoms with E-state index in [1.165, 1.54) is 118 Å². The molecule has 0 aromatic heterocycles. The van der Waals surface area contributed by atoms with Crippen LogP contribution >= 0.6 is 11.8 Å². The maximum Gasteiger partial charge on any atom is 0.0479 e. The molecule has 1 nitrogen and oxygen atoms in total. The predicted molar refractivity (Wildman–Crippen MR) is 246 cm³/mol. The quantitative estimate of drug-likeness (QED) is 0.179. The van der Waals surface area contributed by atoms with Crippen LogP contribution in [0.2, 0.25) is 0 Å². The van der Waals surface area contributed by atoms with Crippen molar-refractivity contribution in [2.45, 2.75) is 150 Å². The van der Waals surface area contributed by atoms with Crippen LogP contribution in [0.3, 0.4) is 0 Å². The zero-order chi connectivity index (χ0) is 40.0. The Morgan fingerprint density at radius 1 is 0.448 bits per heavy atom. The van der Waals surface area contributed by atoms with E-state index in [1.54, 1.807) is 11.1 Å². The molecule has 1 heterocycles. The minimum Gasteiger partial charge on any atom is -0.310 e. The van der Waals surface area contributed by atoms with Crippen molar-refractivity contribution >= 4 is 28.8 Å². The highest BCUT2D eigenvalue weighted by Gasteiger charge is 2.61. The van der Waals surface area contributed by atoms with E-state index < -0.39 is 0 Å². The van der Waals surface area contributed by atoms with Crippen LogP contribution in [-0.4, -0.2) is 0 Å². The highest BCUT2D eigenvalue weighted by atomic mass is 32.2. The molecule has 5 aromatic rings. The van der Waals surface area contributed by atoms with E-state index in [1.807, 2.05) is 11.8 Å². The molecule has 7 aliphatic rings. The second-order valence-corrected chi connectivity index (χ2v) is 23.4. The molecule has 0 N–H and O–H groups in total. The summed E-state index contributed by atoms with van der Waals surface area (Å²) in [6, 6.07) is 41.5. The normalized spacial score (nSPS) is 28.6. The average molecular weight is 782 g/mol. The van der Waals surface area contributed by atoms with Gasteiger partial charge in [0.2, 0.25) is 0 Å². The Kier molecular flexibility index (Phi) is 8.12. The minimum atomic E-state index is 0.0575. The minimum absolute atomic E-state index is 0.0575. The van der Waals surface area contributed by atoms with Crippen LogP contribution in [0.5, 0.6) is 0 Å². The van der Waals surface area contributed by atoms with E-state index in [-0.39, 0.29) is 27.1 Å². The largest absolute Gasteiger partial charge is 0.310 e. The number of anilines is 3.